The Balaban J connectivity index is 1.69. The summed E-state index contributed by atoms with van der Waals surface area (Å²) >= 11 is 0. The molecule has 2 amide bonds. The normalized spacial score (nSPS) is 13.2. The first-order valence-electron chi connectivity index (χ1n) is 6.90. The molecule has 0 aliphatic carbocycles. The summed E-state index contributed by atoms with van der Waals surface area (Å²) in [6.45, 7) is -0.868. The molecule has 0 bridgehead atoms. The highest BCUT2D eigenvalue weighted by Gasteiger charge is 2.39. The first-order chi connectivity index (χ1) is 12.0. The second kappa shape index (κ2) is 6.59. The summed E-state index contributed by atoms with van der Waals surface area (Å²) in [7, 11) is 0. The molecule has 2 heterocycles. The second-order valence-corrected chi connectivity index (χ2v) is 4.77. The SMILES string of the molecule is O=C(ON1C(=O)c2ccccc2C1=O)c1cnc(OCC(F)F)cn1. The molecular weight excluding hydrogens is 340 g/mol. The smallest absolute Gasteiger partial charge is 0.383 e. The Kier molecular flexibility index (Phi) is 4.33. The van der Waals surface area contributed by atoms with E-state index in [9.17, 15) is 23.2 Å². The minimum Gasteiger partial charge on any atom is -0.470 e. The Morgan fingerprint density at radius 3 is 2.24 bits per heavy atom. The van der Waals surface area contributed by atoms with Crippen molar-refractivity contribution in [1.82, 2.24) is 15.0 Å². The number of hydrogen-bond donors (Lipinski definition) is 0. The van der Waals surface area contributed by atoms with Gasteiger partial charge in [-0.25, -0.2) is 23.5 Å². The second-order valence-electron chi connectivity index (χ2n) is 4.77. The summed E-state index contributed by atoms with van der Waals surface area (Å²) in [6.07, 6.45) is -0.817. The quantitative estimate of drug-likeness (QED) is 0.754. The number of imide groups is 1. The molecule has 0 unspecified atom stereocenters. The maximum Gasteiger partial charge on any atom is 0.383 e. The molecule has 1 aliphatic rings. The molecule has 0 atom stereocenters. The number of amides is 2. The average molecular weight is 349 g/mol. The third kappa shape index (κ3) is 3.27. The Bertz CT molecular complexity index is 806. The van der Waals surface area contributed by atoms with Gasteiger partial charge in [0, 0.05) is 0 Å². The fourth-order valence-corrected chi connectivity index (χ4v) is 2.02. The highest BCUT2D eigenvalue weighted by Crippen LogP contribution is 2.23. The monoisotopic (exact) mass is 349 g/mol. The van der Waals surface area contributed by atoms with Gasteiger partial charge >= 0.3 is 5.97 Å². The van der Waals surface area contributed by atoms with Gasteiger partial charge in [-0.1, -0.05) is 17.2 Å². The van der Waals surface area contributed by atoms with Crippen LogP contribution in [0.5, 0.6) is 5.88 Å². The van der Waals surface area contributed by atoms with Crippen molar-refractivity contribution in [2.75, 3.05) is 6.61 Å². The third-order valence-corrected chi connectivity index (χ3v) is 3.13. The van der Waals surface area contributed by atoms with Crippen LogP contribution >= 0.6 is 0 Å². The lowest BCUT2D eigenvalue weighted by Crippen LogP contribution is -2.33. The predicted molar refractivity (Wildman–Crippen MR) is 75.9 cm³/mol. The van der Waals surface area contributed by atoms with Crippen LogP contribution in [0.4, 0.5) is 8.78 Å². The van der Waals surface area contributed by atoms with Crippen LogP contribution in [0.3, 0.4) is 0 Å². The molecule has 0 saturated carbocycles. The number of alkyl halides is 2. The molecular formula is C15H9F2N3O5. The molecule has 0 fully saturated rings. The van der Waals surface area contributed by atoms with Gasteiger partial charge in [0.25, 0.3) is 18.2 Å². The minimum absolute atomic E-state index is 0.113. The number of benzene rings is 1. The molecule has 128 valence electrons. The average Bonchev–Trinajstić information content (AvgIpc) is 2.85. The molecule has 25 heavy (non-hydrogen) atoms. The third-order valence-electron chi connectivity index (χ3n) is 3.13. The van der Waals surface area contributed by atoms with Crippen molar-refractivity contribution >= 4 is 17.8 Å². The molecule has 3 rings (SSSR count). The maximum atomic E-state index is 12.1. The summed E-state index contributed by atoms with van der Waals surface area (Å²) < 4.78 is 28.7. The number of hydrogen-bond acceptors (Lipinski definition) is 7. The van der Waals surface area contributed by atoms with Crippen molar-refractivity contribution in [3.05, 3.63) is 53.5 Å². The van der Waals surface area contributed by atoms with E-state index in [2.05, 4.69) is 14.7 Å². The summed E-state index contributed by atoms with van der Waals surface area (Å²) in [6, 6.07) is 5.99. The molecule has 0 saturated heterocycles. The van der Waals surface area contributed by atoms with Crippen LogP contribution in [0.2, 0.25) is 0 Å². The van der Waals surface area contributed by atoms with E-state index in [-0.39, 0.29) is 22.7 Å². The number of carbonyl (C=O) groups excluding carboxylic acids is 3. The van der Waals surface area contributed by atoms with Gasteiger partial charge in [0.15, 0.2) is 12.3 Å². The Labute approximate surface area is 139 Å². The van der Waals surface area contributed by atoms with E-state index in [1.165, 1.54) is 12.1 Å². The van der Waals surface area contributed by atoms with Gasteiger partial charge < -0.3 is 9.57 Å². The Morgan fingerprint density at radius 2 is 1.72 bits per heavy atom. The van der Waals surface area contributed by atoms with Gasteiger partial charge in [-0.2, -0.15) is 0 Å². The van der Waals surface area contributed by atoms with Gasteiger partial charge in [0.1, 0.15) is 0 Å². The van der Waals surface area contributed by atoms with Crippen molar-refractivity contribution in [2.24, 2.45) is 0 Å². The number of fused-ring (bicyclic) bond motifs is 1. The van der Waals surface area contributed by atoms with Crippen molar-refractivity contribution in [2.45, 2.75) is 6.43 Å². The maximum absolute atomic E-state index is 12.1. The fourth-order valence-electron chi connectivity index (χ4n) is 2.02. The first-order valence-corrected chi connectivity index (χ1v) is 6.90. The van der Waals surface area contributed by atoms with Crippen LogP contribution < -0.4 is 4.74 Å². The predicted octanol–water partition coefficient (Wildman–Crippen LogP) is 1.49. The number of nitrogens with zero attached hydrogens (tertiary/aromatic N) is 3. The lowest BCUT2D eigenvalue weighted by atomic mass is 10.1. The van der Waals surface area contributed by atoms with Gasteiger partial charge in [-0.05, 0) is 12.1 Å². The lowest BCUT2D eigenvalue weighted by Gasteiger charge is -2.12. The molecule has 0 spiro atoms. The van der Waals surface area contributed by atoms with Gasteiger partial charge in [-0.15, -0.1) is 0 Å². The summed E-state index contributed by atoms with van der Waals surface area (Å²) in [4.78, 5) is 48.2. The van der Waals surface area contributed by atoms with Crippen molar-refractivity contribution in [3.63, 3.8) is 0 Å². The van der Waals surface area contributed by atoms with Crippen molar-refractivity contribution in [3.8, 4) is 5.88 Å². The van der Waals surface area contributed by atoms with E-state index in [4.69, 9.17) is 4.84 Å². The van der Waals surface area contributed by atoms with E-state index in [0.717, 1.165) is 12.4 Å². The number of ether oxygens (including phenoxy) is 1. The number of hydroxylamine groups is 2. The van der Waals surface area contributed by atoms with Gasteiger partial charge in [-0.3, -0.25) is 9.59 Å². The van der Waals surface area contributed by atoms with Crippen molar-refractivity contribution in [1.29, 1.82) is 0 Å². The lowest BCUT2D eigenvalue weighted by molar-refractivity contribution is -0.0588. The number of carbonyl (C=O) groups is 3. The zero-order chi connectivity index (χ0) is 18.0. The summed E-state index contributed by atoms with van der Waals surface area (Å²) in [5.41, 5.74) is -0.106. The molecule has 8 nitrogen and oxygen atoms in total. The van der Waals surface area contributed by atoms with Gasteiger partial charge in [0.2, 0.25) is 5.88 Å². The van der Waals surface area contributed by atoms with E-state index in [1.54, 1.807) is 12.1 Å². The molecule has 2 aromatic rings. The summed E-state index contributed by atoms with van der Waals surface area (Å²) in [5.74, 6) is -2.88. The molecule has 0 N–H and O–H groups in total. The molecule has 1 aromatic carbocycles. The van der Waals surface area contributed by atoms with E-state index in [0.29, 0.717) is 5.06 Å². The molecule has 1 aromatic heterocycles. The number of halogens is 2. The summed E-state index contributed by atoms with van der Waals surface area (Å²) in [5, 5.41) is 0.329. The van der Waals surface area contributed by atoms with Crippen molar-refractivity contribution < 1.29 is 32.7 Å². The topological polar surface area (TPSA) is 98.7 Å². The largest absolute Gasteiger partial charge is 0.470 e. The number of aromatic nitrogens is 2. The minimum atomic E-state index is -2.68. The molecule has 0 radical (unpaired) electrons. The Hall–Kier alpha value is -3.43. The van der Waals surface area contributed by atoms with Crippen LogP contribution in [0.1, 0.15) is 31.2 Å². The fraction of sp³-hybridized carbons (Fsp3) is 0.133. The van der Waals surface area contributed by atoms with Crippen LogP contribution in [0, 0.1) is 0 Å². The van der Waals surface area contributed by atoms with Crippen LogP contribution in [-0.2, 0) is 4.84 Å². The molecule has 1 aliphatic heterocycles. The Morgan fingerprint density at radius 1 is 1.08 bits per heavy atom. The molecule has 10 heteroatoms. The highest BCUT2D eigenvalue weighted by atomic mass is 19.3. The number of rotatable bonds is 5. The van der Waals surface area contributed by atoms with Crippen LogP contribution in [-0.4, -0.2) is 45.8 Å². The van der Waals surface area contributed by atoms with Gasteiger partial charge in [0.05, 0.1) is 23.5 Å². The zero-order valence-electron chi connectivity index (χ0n) is 12.4. The van der Waals surface area contributed by atoms with E-state index < -0.39 is 30.8 Å². The van der Waals surface area contributed by atoms with E-state index in [1.807, 2.05) is 0 Å². The zero-order valence-corrected chi connectivity index (χ0v) is 12.4. The van der Waals surface area contributed by atoms with E-state index >= 15 is 0 Å². The van der Waals surface area contributed by atoms with Crippen LogP contribution in [0.25, 0.3) is 0 Å². The standard InChI is InChI=1S/C15H9F2N3O5/c16-11(17)7-24-12-6-18-10(5-19-12)15(23)25-20-13(21)8-3-1-2-4-9(8)14(20)22/h1-6,11H,7H2. The van der Waals surface area contributed by atoms with Crippen LogP contribution in [0.15, 0.2) is 36.7 Å². The first kappa shape index (κ1) is 16.4. The highest BCUT2D eigenvalue weighted by molar-refractivity contribution is 6.21.